The maximum atomic E-state index is 12.0. The van der Waals surface area contributed by atoms with Crippen molar-refractivity contribution in [3.05, 3.63) is 23.0 Å². The molecule has 1 heterocycles. The largest absolute Gasteiger partial charge is 0.352 e. The van der Waals surface area contributed by atoms with Gasteiger partial charge in [-0.25, -0.2) is 0 Å². The highest BCUT2D eigenvalue weighted by Gasteiger charge is 2.16. The fourth-order valence-corrected chi connectivity index (χ4v) is 2.77. The van der Waals surface area contributed by atoms with E-state index in [0.717, 1.165) is 12.8 Å². The van der Waals surface area contributed by atoms with Gasteiger partial charge in [0, 0.05) is 17.9 Å². The molecule has 100 valence electrons. The maximum absolute atomic E-state index is 12.0. The van der Waals surface area contributed by atoms with Crippen LogP contribution in [0.1, 0.15) is 48.9 Å². The van der Waals surface area contributed by atoms with E-state index in [2.05, 4.69) is 36.9 Å². The fourth-order valence-electron chi connectivity index (χ4n) is 2.77. The van der Waals surface area contributed by atoms with Crippen LogP contribution in [0.4, 0.5) is 0 Å². The molecule has 3 heteroatoms. The van der Waals surface area contributed by atoms with Crippen molar-refractivity contribution in [3.63, 3.8) is 0 Å². The number of aryl methyl sites for hydroxylation is 1. The summed E-state index contributed by atoms with van der Waals surface area (Å²) >= 11 is 0. The number of carbonyl (C=O) groups is 1. The molecule has 1 amide bonds. The minimum atomic E-state index is 0.153. The molecule has 2 rings (SSSR count). The second kappa shape index (κ2) is 5.59. The molecule has 1 N–H and O–H groups in total. The lowest BCUT2D eigenvalue weighted by molar-refractivity contribution is -0.122. The lowest BCUT2D eigenvalue weighted by Gasteiger charge is -2.23. The number of hydrogen-bond donors (Lipinski definition) is 1. The van der Waals surface area contributed by atoms with Crippen molar-refractivity contribution in [2.24, 2.45) is 0 Å². The molecular formula is C15H24N2O. The molecule has 3 nitrogen and oxygen atoms in total. The van der Waals surface area contributed by atoms with E-state index in [4.69, 9.17) is 0 Å². The fraction of sp³-hybridized carbons (Fsp3) is 0.667. The molecule has 0 aromatic carbocycles. The van der Waals surface area contributed by atoms with E-state index in [1.807, 2.05) is 0 Å². The highest BCUT2D eigenvalue weighted by Crippen LogP contribution is 2.18. The molecule has 1 aromatic heterocycles. The first-order valence-corrected chi connectivity index (χ1v) is 7.00. The van der Waals surface area contributed by atoms with Gasteiger partial charge in [0.2, 0.25) is 5.91 Å². The molecule has 18 heavy (non-hydrogen) atoms. The van der Waals surface area contributed by atoms with E-state index in [1.165, 1.54) is 36.1 Å². The first-order valence-electron chi connectivity index (χ1n) is 7.00. The topological polar surface area (TPSA) is 34.0 Å². The van der Waals surface area contributed by atoms with Crippen LogP contribution in [0.25, 0.3) is 0 Å². The number of hydrogen-bond acceptors (Lipinski definition) is 1. The zero-order valence-corrected chi connectivity index (χ0v) is 11.8. The van der Waals surface area contributed by atoms with Crippen LogP contribution in [0.3, 0.4) is 0 Å². The highest BCUT2D eigenvalue weighted by atomic mass is 16.2. The summed E-state index contributed by atoms with van der Waals surface area (Å²) in [4.78, 5) is 12.0. The van der Waals surface area contributed by atoms with Crippen LogP contribution >= 0.6 is 0 Å². The molecule has 0 bridgehead atoms. The van der Waals surface area contributed by atoms with Crippen LogP contribution in [0.2, 0.25) is 0 Å². The molecule has 0 unspecified atom stereocenters. The van der Waals surface area contributed by atoms with Gasteiger partial charge in [-0.3, -0.25) is 4.79 Å². The molecule has 0 aliphatic heterocycles. The van der Waals surface area contributed by atoms with Crippen LogP contribution < -0.4 is 5.32 Å². The van der Waals surface area contributed by atoms with Crippen LogP contribution in [0, 0.1) is 20.8 Å². The van der Waals surface area contributed by atoms with E-state index in [-0.39, 0.29) is 5.91 Å². The molecule has 1 aliphatic rings. The molecule has 1 aliphatic carbocycles. The third-order valence-corrected chi connectivity index (χ3v) is 4.20. The minimum Gasteiger partial charge on any atom is -0.352 e. The Morgan fingerprint density at radius 2 is 1.94 bits per heavy atom. The Bertz CT molecular complexity index is 428. The van der Waals surface area contributed by atoms with E-state index >= 15 is 0 Å². The lowest BCUT2D eigenvalue weighted by Crippen LogP contribution is -2.38. The summed E-state index contributed by atoms with van der Waals surface area (Å²) in [6, 6.07) is 0.407. The molecule has 0 radical (unpaired) electrons. The second-order valence-electron chi connectivity index (χ2n) is 5.55. The molecule has 1 aromatic rings. The Kier molecular flexibility index (Phi) is 4.10. The van der Waals surface area contributed by atoms with Gasteiger partial charge < -0.3 is 9.88 Å². The van der Waals surface area contributed by atoms with Crippen LogP contribution in [-0.2, 0) is 11.3 Å². The average Bonchev–Trinajstić information content (AvgIpc) is 2.58. The number of carbonyl (C=O) groups excluding carboxylic acids is 1. The number of rotatable bonds is 3. The third-order valence-electron chi connectivity index (χ3n) is 4.20. The summed E-state index contributed by atoms with van der Waals surface area (Å²) in [5.74, 6) is 0.153. The van der Waals surface area contributed by atoms with Crippen molar-refractivity contribution in [2.75, 3.05) is 0 Å². The van der Waals surface area contributed by atoms with Crippen molar-refractivity contribution in [1.29, 1.82) is 0 Å². The summed E-state index contributed by atoms with van der Waals surface area (Å²) in [5.41, 5.74) is 3.75. The highest BCUT2D eigenvalue weighted by molar-refractivity contribution is 5.76. The Labute approximate surface area is 110 Å². The normalized spacial score (nSPS) is 16.8. The van der Waals surface area contributed by atoms with E-state index in [1.54, 1.807) is 0 Å². The Morgan fingerprint density at radius 1 is 1.28 bits per heavy atom. The SMILES string of the molecule is Cc1cn(CC(=O)NC2CCCCC2)c(C)c1C. The Hall–Kier alpha value is -1.25. The third kappa shape index (κ3) is 2.95. The van der Waals surface area contributed by atoms with Gasteiger partial charge in [0.25, 0.3) is 0 Å². The van der Waals surface area contributed by atoms with Gasteiger partial charge in [0.05, 0.1) is 0 Å². The molecule has 0 spiro atoms. The van der Waals surface area contributed by atoms with Gasteiger partial charge in [-0.05, 0) is 44.7 Å². The smallest absolute Gasteiger partial charge is 0.240 e. The van der Waals surface area contributed by atoms with Gasteiger partial charge in [0.1, 0.15) is 6.54 Å². The lowest BCUT2D eigenvalue weighted by atomic mass is 9.95. The number of nitrogens with zero attached hydrogens (tertiary/aromatic N) is 1. The zero-order chi connectivity index (χ0) is 13.1. The summed E-state index contributed by atoms with van der Waals surface area (Å²) in [7, 11) is 0. The Balaban J connectivity index is 1.92. The van der Waals surface area contributed by atoms with E-state index in [0.29, 0.717) is 12.6 Å². The first kappa shape index (κ1) is 13.2. The van der Waals surface area contributed by atoms with Gasteiger partial charge in [0.15, 0.2) is 0 Å². The average molecular weight is 248 g/mol. The zero-order valence-electron chi connectivity index (χ0n) is 11.8. The van der Waals surface area contributed by atoms with Crippen LogP contribution in [-0.4, -0.2) is 16.5 Å². The maximum Gasteiger partial charge on any atom is 0.240 e. The van der Waals surface area contributed by atoms with Crippen LogP contribution in [0.15, 0.2) is 6.20 Å². The monoisotopic (exact) mass is 248 g/mol. The van der Waals surface area contributed by atoms with E-state index < -0.39 is 0 Å². The number of nitrogens with one attached hydrogen (secondary N) is 1. The van der Waals surface area contributed by atoms with Crippen LogP contribution in [0.5, 0.6) is 0 Å². The number of aromatic nitrogens is 1. The van der Waals surface area contributed by atoms with Crippen molar-refractivity contribution >= 4 is 5.91 Å². The summed E-state index contributed by atoms with van der Waals surface area (Å²) in [5, 5.41) is 3.16. The minimum absolute atomic E-state index is 0.153. The van der Waals surface area contributed by atoms with Crippen molar-refractivity contribution in [2.45, 2.75) is 65.5 Å². The molecule has 0 saturated heterocycles. The van der Waals surface area contributed by atoms with Crippen molar-refractivity contribution < 1.29 is 4.79 Å². The predicted molar refractivity (Wildman–Crippen MR) is 73.7 cm³/mol. The van der Waals surface area contributed by atoms with Gasteiger partial charge >= 0.3 is 0 Å². The first-order chi connectivity index (χ1) is 8.58. The summed E-state index contributed by atoms with van der Waals surface area (Å²) in [6.07, 6.45) is 8.20. The van der Waals surface area contributed by atoms with Crippen molar-refractivity contribution in [3.8, 4) is 0 Å². The molecular weight excluding hydrogens is 224 g/mol. The summed E-state index contributed by atoms with van der Waals surface area (Å²) in [6.45, 7) is 6.74. The van der Waals surface area contributed by atoms with Gasteiger partial charge in [-0.15, -0.1) is 0 Å². The summed E-state index contributed by atoms with van der Waals surface area (Å²) < 4.78 is 2.06. The Morgan fingerprint density at radius 3 is 2.50 bits per heavy atom. The molecule has 0 atom stereocenters. The quantitative estimate of drug-likeness (QED) is 0.877. The van der Waals surface area contributed by atoms with Crippen molar-refractivity contribution in [1.82, 2.24) is 9.88 Å². The molecule has 1 fully saturated rings. The predicted octanol–water partition coefficient (Wildman–Crippen LogP) is 2.86. The number of amides is 1. The second-order valence-corrected chi connectivity index (χ2v) is 5.55. The standard InChI is InChI=1S/C15H24N2O/c1-11-9-17(13(3)12(11)2)10-15(18)16-14-7-5-4-6-8-14/h9,14H,4-8,10H2,1-3H3,(H,16,18). The van der Waals surface area contributed by atoms with Gasteiger partial charge in [-0.2, -0.15) is 0 Å². The molecule has 1 saturated carbocycles. The van der Waals surface area contributed by atoms with Gasteiger partial charge in [-0.1, -0.05) is 19.3 Å². The van der Waals surface area contributed by atoms with E-state index in [9.17, 15) is 4.79 Å².